The molecule has 0 heterocycles. The van der Waals surface area contributed by atoms with E-state index < -0.39 is 60.4 Å². The Morgan fingerprint density at radius 1 is 0.763 bits per heavy atom. The average molecular weight is 949 g/mol. The maximum Gasteiger partial charge on any atom is 0.428 e. The molecule has 1 unspecified atom stereocenters. The molecule has 0 bridgehead atoms. The van der Waals surface area contributed by atoms with E-state index >= 15 is 0 Å². The number of benzene rings is 2. The summed E-state index contributed by atoms with van der Waals surface area (Å²) in [5.74, 6) is -2.06. The first-order valence-electron chi connectivity index (χ1n) is 17.4. The van der Waals surface area contributed by atoms with Gasteiger partial charge in [0.15, 0.2) is 6.61 Å². The zero-order valence-electron chi connectivity index (χ0n) is 30.9. The monoisotopic (exact) mass is 947 g/mol. The van der Waals surface area contributed by atoms with Crippen LogP contribution in [0, 0.1) is 26.1 Å². The summed E-state index contributed by atoms with van der Waals surface area (Å²) in [6, 6.07) is 8.70. The molecule has 2 aromatic rings. The number of ether oxygens (including phenoxy) is 2. The minimum atomic E-state index is -4.76. The predicted molar refractivity (Wildman–Crippen MR) is 221 cm³/mol. The summed E-state index contributed by atoms with van der Waals surface area (Å²) in [6.07, 6.45) is 0.778. The first kappa shape index (κ1) is 57.9. The summed E-state index contributed by atoms with van der Waals surface area (Å²) in [5, 5.41) is 21.0. The number of nitrogens with zero attached hydrogens (tertiary/aromatic N) is 2. The smallest absolute Gasteiger partial charge is 0.428 e. The van der Waals surface area contributed by atoms with E-state index in [2.05, 4.69) is 9.05 Å². The Labute approximate surface area is 357 Å². The Morgan fingerprint density at radius 3 is 1.47 bits per heavy atom. The van der Waals surface area contributed by atoms with Crippen molar-refractivity contribution >= 4 is 71.9 Å². The molecule has 0 aliphatic heterocycles. The molecule has 4 rings (SSSR count). The van der Waals surface area contributed by atoms with Crippen LogP contribution in [0.4, 0.5) is 24.5 Å². The third-order valence-electron chi connectivity index (χ3n) is 7.92. The third-order valence-corrected chi connectivity index (χ3v) is 10.8. The summed E-state index contributed by atoms with van der Waals surface area (Å²) >= 11 is 10.3. The molecule has 0 saturated heterocycles. The van der Waals surface area contributed by atoms with Crippen LogP contribution in [0.1, 0.15) is 92.9 Å². The van der Waals surface area contributed by atoms with E-state index in [0.29, 0.717) is 12.8 Å². The van der Waals surface area contributed by atoms with E-state index in [0.717, 1.165) is 56.4 Å². The number of nitro groups is 2. The summed E-state index contributed by atoms with van der Waals surface area (Å²) < 4.78 is 86.4. The van der Waals surface area contributed by atoms with Crippen LogP contribution in [-0.2, 0) is 32.7 Å². The Balaban J connectivity index is 0. The van der Waals surface area contributed by atoms with Crippen molar-refractivity contribution in [3.63, 3.8) is 0 Å². The van der Waals surface area contributed by atoms with E-state index in [1.807, 2.05) is 0 Å². The van der Waals surface area contributed by atoms with E-state index in [-0.39, 0.29) is 68.3 Å². The molecular weight excluding hydrogens is 896 g/mol. The number of nitro benzene ring substituents is 2. The molecule has 3 atom stereocenters. The van der Waals surface area contributed by atoms with Gasteiger partial charge in [-0.3, -0.25) is 34.3 Å². The predicted octanol–water partition coefficient (Wildman–Crippen LogP) is 11.7. The molecule has 2 aromatic carbocycles. The number of alkyl halides is 3. The lowest BCUT2D eigenvalue weighted by molar-refractivity contribution is -0.385. The molecule has 2 saturated carbocycles. The Kier molecular flexibility index (Phi) is 27.1. The quantitative estimate of drug-likeness (QED) is 0.0804. The fraction of sp³-hybridized carbons (Fsp3) is 0.600. The van der Waals surface area contributed by atoms with Gasteiger partial charge in [-0.2, -0.15) is 13.2 Å². The molecule has 59 heavy (non-hydrogen) atoms. The van der Waals surface area contributed by atoms with Gasteiger partial charge in [-0.25, -0.2) is 9.13 Å². The van der Waals surface area contributed by atoms with Gasteiger partial charge in [0, 0.05) is 46.7 Å². The van der Waals surface area contributed by atoms with E-state index in [1.165, 1.54) is 50.5 Å². The lowest BCUT2D eigenvalue weighted by Gasteiger charge is -2.25. The van der Waals surface area contributed by atoms with Crippen molar-refractivity contribution in [1.82, 2.24) is 0 Å². The van der Waals surface area contributed by atoms with Crippen LogP contribution in [0.5, 0.6) is 11.5 Å². The number of hydrogen-bond acceptors (Lipinski definition) is 14. The number of carbonyl (C=O) groups is 2. The van der Waals surface area contributed by atoms with Gasteiger partial charge >= 0.3 is 31.8 Å². The fourth-order valence-electron chi connectivity index (χ4n) is 5.16. The Morgan fingerprint density at radius 2 is 1.14 bits per heavy atom. The summed E-state index contributed by atoms with van der Waals surface area (Å²) in [5.41, 5.74) is 5.00. The van der Waals surface area contributed by atoms with Gasteiger partial charge in [0.2, 0.25) is 0 Å². The molecule has 2 aliphatic rings. The van der Waals surface area contributed by atoms with Crippen molar-refractivity contribution in [2.24, 2.45) is 11.7 Å². The Bertz CT molecular complexity index is 1680. The molecular formula is C35H53Cl3F3N3O13P2. The zero-order valence-corrected chi connectivity index (χ0v) is 35.0. The van der Waals surface area contributed by atoms with Crippen molar-refractivity contribution in [2.45, 2.75) is 117 Å². The average Bonchev–Trinajstić information content (AvgIpc) is 3.11. The van der Waals surface area contributed by atoms with E-state index in [1.54, 1.807) is 6.92 Å². The van der Waals surface area contributed by atoms with Gasteiger partial charge in [-0.15, -0.1) is 12.4 Å². The van der Waals surface area contributed by atoms with E-state index in [4.69, 9.17) is 42.2 Å². The van der Waals surface area contributed by atoms with Crippen molar-refractivity contribution in [3.8, 4) is 11.5 Å². The highest BCUT2D eigenvalue weighted by molar-refractivity contribution is 8.05. The maximum absolute atomic E-state index is 13.0. The van der Waals surface area contributed by atoms with Crippen molar-refractivity contribution in [1.29, 1.82) is 0 Å². The molecule has 0 aromatic heterocycles. The normalized spacial score (nSPS) is 16.3. The molecule has 2 aliphatic carbocycles. The summed E-state index contributed by atoms with van der Waals surface area (Å²) in [4.78, 5) is 43.1. The highest BCUT2D eigenvalue weighted by atomic mass is 35.9. The maximum atomic E-state index is 13.0. The molecule has 16 nitrogen and oxygen atoms in total. The second-order valence-electron chi connectivity index (χ2n) is 12.9. The number of esters is 2. The number of hydrogen-bond donors (Lipinski definition) is 1. The molecule has 0 spiro atoms. The van der Waals surface area contributed by atoms with Crippen molar-refractivity contribution < 1.29 is 64.8 Å². The number of non-ortho nitro benzene ring substituents is 2. The van der Waals surface area contributed by atoms with Crippen LogP contribution in [0.3, 0.4) is 0 Å². The second kappa shape index (κ2) is 27.6. The first-order chi connectivity index (χ1) is 26.1. The minimum Gasteiger partial charge on any atom is -0.462 e. The van der Waals surface area contributed by atoms with Crippen molar-refractivity contribution in [3.05, 3.63) is 68.8 Å². The summed E-state index contributed by atoms with van der Waals surface area (Å²) in [7, 11) is -4.43. The van der Waals surface area contributed by atoms with Crippen LogP contribution < -0.4 is 14.8 Å². The van der Waals surface area contributed by atoms with Gasteiger partial charge in [0.1, 0.15) is 29.7 Å². The topological polar surface area (TPSA) is 227 Å². The largest absolute Gasteiger partial charge is 0.462 e. The van der Waals surface area contributed by atoms with Crippen molar-refractivity contribution in [2.75, 3.05) is 12.8 Å². The SMILES string of the molecule is C.C.C[C@H](CP(=O)(OCC(F)(F)F)Oc1ccc([N+](=O)[O-])cc1)C(=O)OC1CCCCC1.C[C@H](N)C(=O)OC1CCCCC1.Cl.O=[N+]([O-])c1ccc(OP(=O)(Cl)Cl)cc1. The van der Waals surface area contributed by atoms with Gasteiger partial charge < -0.3 is 24.3 Å². The molecule has 24 heteroatoms. The minimum absolute atomic E-state index is 0. The molecule has 2 fully saturated rings. The van der Waals surface area contributed by atoms with Crippen LogP contribution in [0.25, 0.3) is 0 Å². The standard InChI is InChI=1S/C18H23F3NO7P.C9H17NO2.C6H4Cl2NO4P.2CH4.ClH/c1-13(17(23)28-15-5-3-2-4-6-15)11-30(26,27-12-18(19,20)21)29-16-9-7-14(8-10-16)22(24)25;1-7(10)9(11)12-8-5-3-2-4-6-8;7-14(8,12)13-6-3-1-5(2-4-6)9(10)11;;;/h7-10,13,15H,2-6,11-12H2,1H3;7-8H,2-6,10H2,1H3;1-4H;2*1H4;1H/t13-,30?;7-;;;;/m10..../s1. The first-order valence-corrected chi connectivity index (χ1v) is 22.6. The number of carbonyl (C=O) groups excluding carboxylic acids is 2. The van der Waals surface area contributed by atoms with Crippen LogP contribution >= 0.6 is 48.6 Å². The van der Waals surface area contributed by atoms with E-state index in [9.17, 15) is 52.1 Å². The highest BCUT2D eigenvalue weighted by Crippen LogP contribution is 2.57. The van der Waals surface area contributed by atoms with Gasteiger partial charge in [0.05, 0.1) is 21.9 Å². The lowest BCUT2D eigenvalue weighted by atomic mass is 9.98. The number of rotatable bonds is 14. The molecule has 2 N–H and O–H groups in total. The van der Waals surface area contributed by atoms with Gasteiger partial charge in [-0.05, 0) is 82.6 Å². The number of nitrogens with two attached hydrogens (primary N) is 1. The highest BCUT2D eigenvalue weighted by Gasteiger charge is 2.39. The third kappa shape index (κ3) is 24.6. The Hall–Kier alpha value is -3.18. The second-order valence-corrected chi connectivity index (χ2v) is 19.1. The molecule has 338 valence electrons. The number of halogens is 6. The van der Waals surface area contributed by atoms with Crippen LogP contribution in [-0.4, -0.2) is 59.0 Å². The molecule has 0 radical (unpaired) electrons. The zero-order chi connectivity index (χ0) is 42.1. The molecule has 0 amide bonds. The van der Waals surface area contributed by atoms with Gasteiger partial charge in [-0.1, -0.05) is 34.6 Å². The van der Waals surface area contributed by atoms with Gasteiger partial charge in [0.25, 0.3) is 11.4 Å². The van der Waals surface area contributed by atoms with Crippen LogP contribution in [0.15, 0.2) is 48.5 Å². The van der Waals surface area contributed by atoms with Crippen LogP contribution in [0.2, 0.25) is 0 Å². The fourth-order valence-corrected chi connectivity index (χ4v) is 7.84. The lowest BCUT2D eigenvalue weighted by Crippen LogP contribution is -2.32. The summed E-state index contributed by atoms with van der Waals surface area (Å²) in [6.45, 7) is 1.20.